The van der Waals surface area contributed by atoms with Gasteiger partial charge in [-0.25, -0.2) is 0 Å². The van der Waals surface area contributed by atoms with E-state index in [1.807, 2.05) is 0 Å². The fourth-order valence-electron chi connectivity index (χ4n) is 4.64. The Kier molecular flexibility index (Phi) is 6.72. The highest BCUT2D eigenvalue weighted by molar-refractivity contribution is 9.10. The molecule has 0 bridgehead atoms. The molecule has 0 amide bonds. The van der Waals surface area contributed by atoms with Gasteiger partial charge in [-0.05, 0) is 48.2 Å². The third kappa shape index (κ3) is 4.92. The van der Waals surface area contributed by atoms with Crippen molar-refractivity contribution in [1.29, 1.82) is 0 Å². The Labute approximate surface area is 182 Å². The Morgan fingerprint density at radius 2 is 1.59 bits per heavy atom. The molecular weight excluding hydrogens is 428 g/mol. The summed E-state index contributed by atoms with van der Waals surface area (Å²) in [4.78, 5) is 5.15. The lowest BCUT2D eigenvalue weighted by atomic mass is 9.95. The molecule has 2 fully saturated rings. The average Bonchev–Trinajstić information content (AvgIpc) is 2.90. The van der Waals surface area contributed by atoms with Crippen LogP contribution in [0.3, 0.4) is 0 Å². The third-order valence-corrected chi connectivity index (χ3v) is 6.70. The molecule has 5 heteroatoms. The Balaban J connectivity index is 1.56. The van der Waals surface area contributed by atoms with Crippen LogP contribution in [0.2, 0.25) is 0 Å². The standard InChI is InChI=1S/C24H31BrN2O2/c1-19-12-22(25)13-20(2)23(19)15-26-8-10-28-17-24(16-26)18-29-11-9-27(24)14-21-6-4-3-5-7-21/h3-7,12-13H,8-11,14-18H2,1-2H3. The van der Waals surface area contributed by atoms with E-state index in [1.165, 1.54) is 22.3 Å². The highest BCUT2D eigenvalue weighted by atomic mass is 79.9. The zero-order valence-electron chi connectivity index (χ0n) is 17.5. The lowest BCUT2D eigenvalue weighted by Gasteiger charge is -2.47. The van der Waals surface area contributed by atoms with Gasteiger partial charge in [0.15, 0.2) is 0 Å². The summed E-state index contributed by atoms with van der Waals surface area (Å²) in [6, 6.07) is 15.2. The first-order valence-corrected chi connectivity index (χ1v) is 11.3. The summed E-state index contributed by atoms with van der Waals surface area (Å²) in [5.74, 6) is 0. The van der Waals surface area contributed by atoms with Crippen LogP contribution in [0.15, 0.2) is 46.9 Å². The summed E-state index contributed by atoms with van der Waals surface area (Å²) in [6.07, 6.45) is 0. The molecule has 2 aliphatic rings. The average molecular weight is 459 g/mol. The minimum Gasteiger partial charge on any atom is -0.378 e. The van der Waals surface area contributed by atoms with Crippen LogP contribution in [-0.2, 0) is 22.6 Å². The number of aryl methyl sites for hydroxylation is 2. The van der Waals surface area contributed by atoms with Crippen LogP contribution in [-0.4, -0.2) is 61.4 Å². The second-order valence-electron chi connectivity index (χ2n) is 8.47. The van der Waals surface area contributed by atoms with Crippen LogP contribution in [0.25, 0.3) is 0 Å². The summed E-state index contributed by atoms with van der Waals surface area (Å²) in [5.41, 5.74) is 5.37. The number of hydrogen-bond donors (Lipinski definition) is 0. The maximum absolute atomic E-state index is 6.13. The van der Waals surface area contributed by atoms with E-state index in [1.54, 1.807) is 0 Å². The molecule has 1 spiro atoms. The molecule has 0 N–H and O–H groups in total. The fourth-order valence-corrected chi connectivity index (χ4v) is 5.33. The molecular formula is C24H31BrN2O2. The first-order chi connectivity index (χ1) is 14.1. The van der Waals surface area contributed by atoms with Gasteiger partial charge in [0.05, 0.1) is 32.0 Å². The third-order valence-electron chi connectivity index (χ3n) is 6.25. The molecule has 4 nitrogen and oxygen atoms in total. The van der Waals surface area contributed by atoms with Crippen molar-refractivity contribution >= 4 is 15.9 Å². The van der Waals surface area contributed by atoms with Crippen LogP contribution in [0.1, 0.15) is 22.3 Å². The largest absolute Gasteiger partial charge is 0.378 e. The van der Waals surface area contributed by atoms with E-state index >= 15 is 0 Å². The van der Waals surface area contributed by atoms with E-state index in [4.69, 9.17) is 9.47 Å². The van der Waals surface area contributed by atoms with E-state index in [2.05, 4.69) is 82.0 Å². The van der Waals surface area contributed by atoms with Crippen LogP contribution >= 0.6 is 15.9 Å². The van der Waals surface area contributed by atoms with E-state index in [-0.39, 0.29) is 5.54 Å². The van der Waals surface area contributed by atoms with Gasteiger partial charge in [-0.3, -0.25) is 9.80 Å². The summed E-state index contributed by atoms with van der Waals surface area (Å²) in [5, 5.41) is 0. The van der Waals surface area contributed by atoms with Crippen LogP contribution in [0.5, 0.6) is 0 Å². The summed E-state index contributed by atoms with van der Waals surface area (Å²) in [6.45, 7) is 12.2. The second-order valence-corrected chi connectivity index (χ2v) is 9.38. The maximum Gasteiger partial charge on any atom is 0.0810 e. The van der Waals surface area contributed by atoms with Gasteiger partial charge in [-0.2, -0.15) is 0 Å². The summed E-state index contributed by atoms with van der Waals surface area (Å²) < 4.78 is 13.3. The molecule has 0 aromatic heterocycles. The van der Waals surface area contributed by atoms with E-state index in [0.29, 0.717) is 0 Å². The molecule has 2 aliphatic heterocycles. The molecule has 2 aromatic carbocycles. The molecule has 0 aliphatic carbocycles. The predicted octanol–water partition coefficient (Wildman–Crippen LogP) is 4.17. The zero-order chi connectivity index (χ0) is 20.3. The van der Waals surface area contributed by atoms with E-state index < -0.39 is 0 Å². The van der Waals surface area contributed by atoms with Crippen molar-refractivity contribution in [1.82, 2.24) is 9.80 Å². The number of nitrogens with zero attached hydrogens (tertiary/aromatic N) is 2. The molecule has 4 rings (SSSR count). The Morgan fingerprint density at radius 3 is 2.28 bits per heavy atom. The highest BCUT2D eigenvalue weighted by Crippen LogP contribution is 2.29. The number of rotatable bonds is 4. The van der Waals surface area contributed by atoms with E-state index in [9.17, 15) is 0 Å². The summed E-state index contributed by atoms with van der Waals surface area (Å²) in [7, 11) is 0. The fraction of sp³-hybridized carbons (Fsp3) is 0.500. The molecule has 29 heavy (non-hydrogen) atoms. The molecule has 2 heterocycles. The SMILES string of the molecule is Cc1cc(Br)cc(C)c1CN1CCOCC2(COCCN2Cc2ccccc2)C1. The lowest BCUT2D eigenvalue weighted by Crippen LogP contribution is -2.63. The minimum atomic E-state index is -0.0955. The predicted molar refractivity (Wildman–Crippen MR) is 120 cm³/mol. The topological polar surface area (TPSA) is 24.9 Å². The van der Waals surface area contributed by atoms with Crippen LogP contribution in [0.4, 0.5) is 0 Å². The number of ether oxygens (including phenoxy) is 2. The van der Waals surface area contributed by atoms with Crippen molar-refractivity contribution in [2.45, 2.75) is 32.5 Å². The second kappa shape index (κ2) is 9.27. The van der Waals surface area contributed by atoms with Crippen molar-refractivity contribution in [2.75, 3.05) is 46.1 Å². The smallest absolute Gasteiger partial charge is 0.0810 e. The van der Waals surface area contributed by atoms with Gasteiger partial charge in [0.2, 0.25) is 0 Å². The van der Waals surface area contributed by atoms with Gasteiger partial charge in [0, 0.05) is 37.2 Å². The molecule has 0 saturated carbocycles. The van der Waals surface area contributed by atoms with Gasteiger partial charge < -0.3 is 9.47 Å². The van der Waals surface area contributed by atoms with Gasteiger partial charge in [0.1, 0.15) is 0 Å². The Hall–Kier alpha value is -1.24. The lowest BCUT2D eigenvalue weighted by molar-refractivity contribution is -0.105. The normalized spacial score (nSPS) is 24.0. The van der Waals surface area contributed by atoms with Crippen LogP contribution in [0, 0.1) is 13.8 Å². The highest BCUT2D eigenvalue weighted by Gasteiger charge is 2.42. The first kappa shape index (κ1) is 21.0. The quantitative estimate of drug-likeness (QED) is 0.686. The van der Waals surface area contributed by atoms with Gasteiger partial charge >= 0.3 is 0 Å². The molecule has 2 saturated heterocycles. The zero-order valence-corrected chi connectivity index (χ0v) is 19.1. The van der Waals surface area contributed by atoms with Crippen molar-refractivity contribution in [3.8, 4) is 0 Å². The molecule has 2 aromatic rings. The summed E-state index contributed by atoms with van der Waals surface area (Å²) >= 11 is 3.62. The Bertz CT molecular complexity index is 806. The first-order valence-electron chi connectivity index (χ1n) is 10.5. The maximum atomic E-state index is 6.13. The minimum absolute atomic E-state index is 0.0955. The number of morpholine rings is 1. The van der Waals surface area contributed by atoms with Gasteiger partial charge in [-0.15, -0.1) is 0 Å². The molecule has 1 unspecified atom stereocenters. The van der Waals surface area contributed by atoms with Gasteiger partial charge in [0.25, 0.3) is 0 Å². The molecule has 156 valence electrons. The molecule has 0 radical (unpaired) electrons. The number of hydrogen-bond acceptors (Lipinski definition) is 4. The van der Waals surface area contributed by atoms with Gasteiger partial charge in [-0.1, -0.05) is 46.3 Å². The van der Waals surface area contributed by atoms with Crippen molar-refractivity contribution < 1.29 is 9.47 Å². The van der Waals surface area contributed by atoms with Crippen molar-refractivity contribution in [3.63, 3.8) is 0 Å². The Morgan fingerprint density at radius 1 is 0.931 bits per heavy atom. The van der Waals surface area contributed by atoms with Crippen LogP contribution < -0.4 is 0 Å². The van der Waals surface area contributed by atoms with Crippen molar-refractivity contribution in [2.24, 2.45) is 0 Å². The van der Waals surface area contributed by atoms with E-state index in [0.717, 1.165) is 63.6 Å². The monoisotopic (exact) mass is 458 g/mol. The number of halogens is 1. The van der Waals surface area contributed by atoms with Crippen molar-refractivity contribution in [3.05, 3.63) is 69.2 Å². The molecule has 1 atom stereocenters. The number of benzene rings is 2.